The molecular formula is C14H21NO2S. The van der Waals surface area contributed by atoms with E-state index in [2.05, 4.69) is 31.2 Å². The van der Waals surface area contributed by atoms with Crippen molar-refractivity contribution < 1.29 is 9.53 Å². The van der Waals surface area contributed by atoms with Crippen molar-refractivity contribution in [3.63, 3.8) is 0 Å². The molecule has 1 aromatic rings. The molecule has 0 aromatic heterocycles. The maximum Gasteiger partial charge on any atom is 0.320 e. The van der Waals surface area contributed by atoms with E-state index in [9.17, 15) is 4.79 Å². The first kappa shape index (κ1) is 15.1. The van der Waals surface area contributed by atoms with Crippen LogP contribution in [-0.4, -0.2) is 43.4 Å². The number of rotatable bonds is 7. The number of carbonyl (C=O) groups is 1. The Balaban J connectivity index is 2.21. The molecule has 0 unspecified atom stereocenters. The minimum absolute atomic E-state index is 0.152. The van der Waals surface area contributed by atoms with Crippen LogP contribution < -0.4 is 0 Å². The highest BCUT2D eigenvalue weighted by Gasteiger charge is 2.06. The van der Waals surface area contributed by atoms with E-state index in [1.807, 2.05) is 18.9 Å². The Bertz CT molecular complexity index is 365. The molecule has 3 nitrogen and oxygen atoms in total. The first-order valence-electron chi connectivity index (χ1n) is 6.15. The molecule has 0 aliphatic carbocycles. The molecule has 18 heavy (non-hydrogen) atoms. The van der Waals surface area contributed by atoms with Crippen molar-refractivity contribution in [2.45, 2.75) is 18.7 Å². The van der Waals surface area contributed by atoms with Gasteiger partial charge in [0.05, 0.1) is 13.2 Å². The van der Waals surface area contributed by atoms with Crippen LogP contribution in [0.15, 0.2) is 29.2 Å². The van der Waals surface area contributed by atoms with Crippen LogP contribution >= 0.6 is 11.8 Å². The summed E-state index contributed by atoms with van der Waals surface area (Å²) in [7, 11) is 1.94. The largest absolute Gasteiger partial charge is 0.465 e. The quantitative estimate of drug-likeness (QED) is 0.561. The lowest BCUT2D eigenvalue weighted by Gasteiger charge is -2.15. The molecule has 4 heteroatoms. The Morgan fingerprint density at radius 1 is 1.33 bits per heavy atom. The SMILES string of the molecule is CCOC(=O)CN(C)CCSc1ccc(C)cc1. The number of esters is 1. The fourth-order valence-corrected chi connectivity index (χ4v) is 2.43. The van der Waals surface area contributed by atoms with E-state index in [1.165, 1.54) is 10.5 Å². The Kier molecular flexibility index (Phi) is 6.83. The van der Waals surface area contributed by atoms with E-state index < -0.39 is 0 Å². The van der Waals surface area contributed by atoms with E-state index in [4.69, 9.17) is 4.74 Å². The van der Waals surface area contributed by atoms with Crippen molar-refractivity contribution in [2.24, 2.45) is 0 Å². The number of likely N-dealkylation sites (N-methyl/N-ethyl adjacent to an activating group) is 1. The molecule has 0 radical (unpaired) electrons. The number of ether oxygens (including phenoxy) is 1. The van der Waals surface area contributed by atoms with Crippen molar-refractivity contribution in [2.75, 3.05) is 32.5 Å². The first-order valence-corrected chi connectivity index (χ1v) is 7.14. The summed E-state index contributed by atoms with van der Waals surface area (Å²) in [6.45, 7) is 5.59. The Morgan fingerprint density at radius 2 is 2.00 bits per heavy atom. The van der Waals surface area contributed by atoms with Crippen LogP contribution in [0, 0.1) is 6.92 Å². The van der Waals surface area contributed by atoms with E-state index in [0.29, 0.717) is 13.2 Å². The number of aryl methyl sites for hydroxylation is 1. The van der Waals surface area contributed by atoms with Gasteiger partial charge in [-0.2, -0.15) is 0 Å². The van der Waals surface area contributed by atoms with Crippen molar-refractivity contribution in [1.82, 2.24) is 4.90 Å². The Hall–Kier alpha value is -1.00. The fourth-order valence-electron chi connectivity index (χ4n) is 1.46. The molecule has 1 rings (SSSR count). The second-order valence-corrected chi connectivity index (χ2v) is 5.37. The normalized spacial score (nSPS) is 10.7. The third-order valence-electron chi connectivity index (χ3n) is 2.47. The van der Waals surface area contributed by atoms with Crippen molar-refractivity contribution in [3.8, 4) is 0 Å². The van der Waals surface area contributed by atoms with Crippen LogP contribution in [0.5, 0.6) is 0 Å². The zero-order valence-electron chi connectivity index (χ0n) is 11.3. The van der Waals surface area contributed by atoms with Gasteiger partial charge in [0.2, 0.25) is 0 Å². The lowest BCUT2D eigenvalue weighted by atomic mass is 10.2. The second kappa shape index (κ2) is 8.16. The third-order valence-corrected chi connectivity index (χ3v) is 3.46. The van der Waals surface area contributed by atoms with Crippen LogP contribution in [-0.2, 0) is 9.53 Å². The maximum atomic E-state index is 11.3. The Morgan fingerprint density at radius 3 is 2.61 bits per heavy atom. The fraction of sp³-hybridized carbons (Fsp3) is 0.500. The summed E-state index contributed by atoms with van der Waals surface area (Å²) in [5.41, 5.74) is 1.28. The van der Waals surface area contributed by atoms with Crippen LogP contribution in [0.25, 0.3) is 0 Å². The monoisotopic (exact) mass is 267 g/mol. The van der Waals surface area contributed by atoms with Gasteiger partial charge in [-0.1, -0.05) is 17.7 Å². The summed E-state index contributed by atoms with van der Waals surface area (Å²) < 4.78 is 4.90. The number of benzene rings is 1. The molecule has 0 bridgehead atoms. The number of thioether (sulfide) groups is 1. The highest BCUT2D eigenvalue weighted by Crippen LogP contribution is 2.17. The predicted molar refractivity (Wildman–Crippen MR) is 76.0 cm³/mol. The maximum absolute atomic E-state index is 11.3. The third kappa shape index (κ3) is 6.07. The van der Waals surface area contributed by atoms with Gasteiger partial charge in [-0.05, 0) is 33.0 Å². The summed E-state index contributed by atoms with van der Waals surface area (Å²) in [6.07, 6.45) is 0. The number of hydrogen-bond acceptors (Lipinski definition) is 4. The molecule has 0 aliphatic rings. The lowest BCUT2D eigenvalue weighted by molar-refractivity contribution is -0.144. The molecule has 0 fully saturated rings. The number of hydrogen-bond donors (Lipinski definition) is 0. The van der Waals surface area contributed by atoms with Gasteiger partial charge in [0.1, 0.15) is 0 Å². The average Bonchev–Trinajstić information content (AvgIpc) is 2.32. The summed E-state index contributed by atoms with van der Waals surface area (Å²) >= 11 is 1.80. The predicted octanol–water partition coefficient (Wildman–Crippen LogP) is 2.58. The molecule has 0 atom stereocenters. The van der Waals surface area contributed by atoms with E-state index >= 15 is 0 Å². The molecule has 100 valence electrons. The zero-order chi connectivity index (χ0) is 13.4. The smallest absolute Gasteiger partial charge is 0.320 e. The molecule has 0 saturated carbocycles. The molecule has 1 aromatic carbocycles. The van der Waals surface area contributed by atoms with E-state index in [0.717, 1.165) is 12.3 Å². The van der Waals surface area contributed by atoms with Crippen LogP contribution in [0.2, 0.25) is 0 Å². The van der Waals surface area contributed by atoms with Gasteiger partial charge >= 0.3 is 5.97 Å². The van der Waals surface area contributed by atoms with Gasteiger partial charge in [0.15, 0.2) is 0 Å². The summed E-state index contributed by atoms with van der Waals surface area (Å²) in [5.74, 6) is 0.819. The standard InChI is InChI=1S/C14H21NO2S/c1-4-17-14(16)11-15(3)9-10-18-13-7-5-12(2)6-8-13/h5-8H,4,9-11H2,1-3H3. The van der Waals surface area contributed by atoms with Gasteiger partial charge < -0.3 is 4.74 Å². The average molecular weight is 267 g/mol. The van der Waals surface area contributed by atoms with Crippen LogP contribution in [0.4, 0.5) is 0 Å². The molecule has 0 aliphatic heterocycles. The van der Waals surface area contributed by atoms with Crippen molar-refractivity contribution in [1.29, 1.82) is 0 Å². The molecule has 0 N–H and O–H groups in total. The summed E-state index contributed by atoms with van der Waals surface area (Å²) in [5, 5.41) is 0. The minimum atomic E-state index is -0.152. The van der Waals surface area contributed by atoms with Crippen molar-refractivity contribution >= 4 is 17.7 Å². The van der Waals surface area contributed by atoms with E-state index in [-0.39, 0.29) is 5.97 Å². The molecule has 0 amide bonds. The Labute approximate surface area is 114 Å². The lowest BCUT2D eigenvalue weighted by Crippen LogP contribution is -2.29. The highest BCUT2D eigenvalue weighted by atomic mass is 32.2. The van der Waals surface area contributed by atoms with Gasteiger partial charge in [0, 0.05) is 17.2 Å². The van der Waals surface area contributed by atoms with Crippen LogP contribution in [0.1, 0.15) is 12.5 Å². The second-order valence-electron chi connectivity index (χ2n) is 4.20. The van der Waals surface area contributed by atoms with Crippen molar-refractivity contribution in [3.05, 3.63) is 29.8 Å². The highest BCUT2D eigenvalue weighted by molar-refractivity contribution is 7.99. The molecule has 0 saturated heterocycles. The first-order chi connectivity index (χ1) is 8.61. The minimum Gasteiger partial charge on any atom is -0.465 e. The zero-order valence-corrected chi connectivity index (χ0v) is 12.1. The topological polar surface area (TPSA) is 29.5 Å². The summed E-state index contributed by atoms with van der Waals surface area (Å²) in [4.78, 5) is 14.5. The van der Waals surface area contributed by atoms with Gasteiger partial charge in [0.25, 0.3) is 0 Å². The van der Waals surface area contributed by atoms with Gasteiger partial charge in [-0.25, -0.2) is 0 Å². The number of carbonyl (C=O) groups excluding carboxylic acids is 1. The van der Waals surface area contributed by atoms with Gasteiger partial charge in [-0.3, -0.25) is 9.69 Å². The van der Waals surface area contributed by atoms with Crippen LogP contribution in [0.3, 0.4) is 0 Å². The molecule has 0 spiro atoms. The summed E-state index contributed by atoms with van der Waals surface area (Å²) in [6, 6.07) is 8.49. The molecule has 0 heterocycles. The molecular weight excluding hydrogens is 246 g/mol. The van der Waals surface area contributed by atoms with E-state index in [1.54, 1.807) is 11.8 Å². The van der Waals surface area contributed by atoms with Gasteiger partial charge in [-0.15, -0.1) is 11.8 Å². The number of nitrogens with zero attached hydrogens (tertiary/aromatic N) is 1.